The van der Waals surface area contributed by atoms with Crippen LogP contribution in [0.15, 0.2) is 35.3 Å². The minimum absolute atomic E-state index is 0.0440. The zero-order valence-corrected chi connectivity index (χ0v) is 11.7. The second kappa shape index (κ2) is 5.79. The van der Waals surface area contributed by atoms with Gasteiger partial charge < -0.3 is 15.0 Å². The normalized spacial score (nSPS) is 10.2. The van der Waals surface area contributed by atoms with E-state index in [-0.39, 0.29) is 11.0 Å². The van der Waals surface area contributed by atoms with Crippen molar-refractivity contribution in [2.24, 2.45) is 0 Å². The number of hydrogen-bond acceptors (Lipinski definition) is 3. The van der Waals surface area contributed by atoms with Crippen molar-refractivity contribution in [3.63, 3.8) is 0 Å². The van der Waals surface area contributed by atoms with Crippen molar-refractivity contribution in [1.29, 1.82) is 0 Å². The van der Waals surface area contributed by atoms with Crippen molar-refractivity contribution in [1.82, 2.24) is 4.98 Å². The summed E-state index contributed by atoms with van der Waals surface area (Å²) in [6.07, 6.45) is 1.39. The summed E-state index contributed by atoms with van der Waals surface area (Å²) in [4.78, 5) is 26.5. The summed E-state index contributed by atoms with van der Waals surface area (Å²) < 4.78 is 5.02. The molecule has 1 aromatic heterocycles. The van der Waals surface area contributed by atoms with Gasteiger partial charge in [-0.15, -0.1) is 0 Å². The minimum Gasteiger partial charge on any atom is -0.495 e. The molecule has 104 valence electrons. The van der Waals surface area contributed by atoms with E-state index in [0.29, 0.717) is 22.2 Å². The van der Waals surface area contributed by atoms with Crippen LogP contribution in [0.4, 0.5) is 5.69 Å². The number of carbonyl (C=O) groups excluding carboxylic acids is 1. The Morgan fingerprint density at radius 1 is 1.35 bits per heavy atom. The van der Waals surface area contributed by atoms with E-state index in [0.717, 1.165) is 0 Å². The van der Waals surface area contributed by atoms with Crippen LogP contribution in [0.1, 0.15) is 16.1 Å². The number of aromatic nitrogens is 1. The van der Waals surface area contributed by atoms with Crippen molar-refractivity contribution in [2.75, 3.05) is 12.4 Å². The highest BCUT2D eigenvalue weighted by Gasteiger charge is 2.11. The average molecular weight is 293 g/mol. The van der Waals surface area contributed by atoms with E-state index in [4.69, 9.17) is 16.3 Å². The van der Waals surface area contributed by atoms with Crippen LogP contribution in [-0.2, 0) is 0 Å². The Bertz CT molecular complexity index is 710. The summed E-state index contributed by atoms with van der Waals surface area (Å²) in [6.45, 7) is 1.74. The van der Waals surface area contributed by atoms with E-state index in [9.17, 15) is 9.59 Å². The third-order valence-electron chi connectivity index (χ3n) is 2.71. The highest BCUT2D eigenvalue weighted by molar-refractivity contribution is 6.32. The lowest BCUT2D eigenvalue weighted by Crippen LogP contribution is -2.21. The predicted octanol–water partition coefficient (Wildman–Crippen LogP) is 2.60. The molecule has 0 unspecified atom stereocenters. The number of rotatable bonds is 3. The molecule has 0 aliphatic carbocycles. The quantitative estimate of drug-likeness (QED) is 0.913. The molecule has 1 aromatic carbocycles. The smallest absolute Gasteiger partial charge is 0.261 e. The van der Waals surface area contributed by atoms with Gasteiger partial charge >= 0.3 is 0 Å². The average Bonchev–Trinajstić information content (AvgIpc) is 2.38. The van der Waals surface area contributed by atoms with Crippen molar-refractivity contribution < 1.29 is 9.53 Å². The van der Waals surface area contributed by atoms with Crippen LogP contribution in [0.5, 0.6) is 5.75 Å². The predicted molar refractivity (Wildman–Crippen MR) is 77.8 cm³/mol. The van der Waals surface area contributed by atoms with E-state index >= 15 is 0 Å². The third kappa shape index (κ3) is 3.00. The van der Waals surface area contributed by atoms with Crippen LogP contribution in [0.2, 0.25) is 5.02 Å². The Hall–Kier alpha value is -2.27. The van der Waals surface area contributed by atoms with Gasteiger partial charge in [-0.25, -0.2) is 0 Å². The molecular formula is C14H13ClN2O3. The number of H-pyrrole nitrogens is 1. The van der Waals surface area contributed by atoms with Gasteiger partial charge in [0.1, 0.15) is 11.3 Å². The monoisotopic (exact) mass is 292 g/mol. The lowest BCUT2D eigenvalue weighted by atomic mass is 10.2. The number of carbonyl (C=O) groups is 1. The fourth-order valence-electron chi connectivity index (χ4n) is 1.69. The largest absolute Gasteiger partial charge is 0.495 e. The van der Waals surface area contributed by atoms with Gasteiger partial charge in [0, 0.05) is 23.6 Å². The first-order valence-corrected chi connectivity index (χ1v) is 6.23. The molecule has 6 heteroatoms. The molecule has 1 amide bonds. The van der Waals surface area contributed by atoms with Crippen molar-refractivity contribution >= 4 is 23.2 Å². The van der Waals surface area contributed by atoms with Crippen LogP contribution in [0.25, 0.3) is 0 Å². The van der Waals surface area contributed by atoms with E-state index in [1.807, 2.05) is 0 Å². The number of hydrogen-bond donors (Lipinski definition) is 2. The van der Waals surface area contributed by atoms with Gasteiger partial charge in [0.15, 0.2) is 5.43 Å². The van der Waals surface area contributed by atoms with Gasteiger partial charge in [-0.1, -0.05) is 11.6 Å². The van der Waals surface area contributed by atoms with Crippen molar-refractivity contribution in [2.45, 2.75) is 6.92 Å². The molecule has 0 aliphatic rings. The molecule has 0 saturated carbocycles. The number of pyridine rings is 1. The van der Waals surface area contributed by atoms with Crippen LogP contribution >= 0.6 is 11.6 Å². The molecule has 0 bridgehead atoms. The SMILES string of the molecule is COc1ccc(NC(=O)c2c[nH]c(C)cc2=O)cc1Cl. The molecule has 0 saturated heterocycles. The first kappa shape index (κ1) is 14.1. The second-order valence-corrected chi connectivity index (χ2v) is 4.60. The van der Waals surface area contributed by atoms with Crippen molar-refractivity contribution in [3.05, 3.63) is 57.0 Å². The van der Waals surface area contributed by atoms with Crippen LogP contribution < -0.4 is 15.5 Å². The number of anilines is 1. The maximum atomic E-state index is 12.0. The number of benzene rings is 1. The summed E-state index contributed by atoms with van der Waals surface area (Å²) in [5.74, 6) is 0.0188. The third-order valence-corrected chi connectivity index (χ3v) is 3.01. The van der Waals surface area contributed by atoms with Gasteiger partial charge in [-0.05, 0) is 25.1 Å². The zero-order chi connectivity index (χ0) is 14.7. The van der Waals surface area contributed by atoms with E-state index in [1.54, 1.807) is 25.1 Å². The van der Waals surface area contributed by atoms with Crippen LogP contribution in [-0.4, -0.2) is 18.0 Å². The lowest BCUT2D eigenvalue weighted by molar-refractivity contribution is 0.102. The number of ether oxygens (including phenoxy) is 1. The van der Waals surface area contributed by atoms with E-state index in [1.165, 1.54) is 19.4 Å². The number of amides is 1. The number of aryl methyl sites for hydroxylation is 1. The Balaban J connectivity index is 2.23. The first-order chi connectivity index (χ1) is 9.51. The second-order valence-electron chi connectivity index (χ2n) is 4.20. The lowest BCUT2D eigenvalue weighted by Gasteiger charge is -2.08. The van der Waals surface area contributed by atoms with Gasteiger partial charge in [-0.2, -0.15) is 0 Å². The summed E-state index contributed by atoms with van der Waals surface area (Å²) in [5, 5.41) is 2.99. The fourth-order valence-corrected chi connectivity index (χ4v) is 1.95. The number of aromatic amines is 1. The van der Waals surface area contributed by atoms with Crippen LogP contribution in [0.3, 0.4) is 0 Å². The summed E-state index contributed by atoms with van der Waals surface area (Å²) in [5.41, 5.74) is 0.890. The van der Waals surface area contributed by atoms with Gasteiger partial charge in [0.25, 0.3) is 5.91 Å². The highest BCUT2D eigenvalue weighted by atomic mass is 35.5. The maximum absolute atomic E-state index is 12.0. The number of halogens is 1. The minimum atomic E-state index is -0.493. The summed E-state index contributed by atoms with van der Waals surface area (Å²) >= 11 is 5.97. The van der Waals surface area contributed by atoms with Gasteiger partial charge in [0.05, 0.1) is 12.1 Å². The van der Waals surface area contributed by atoms with Gasteiger partial charge in [-0.3, -0.25) is 9.59 Å². The molecular weight excluding hydrogens is 280 g/mol. The highest BCUT2D eigenvalue weighted by Crippen LogP contribution is 2.27. The molecule has 20 heavy (non-hydrogen) atoms. The van der Waals surface area contributed by atoms with E-state index < -0.39 is 5.91 Å². The Labute approximate surface area is 120 Å². The van der Waals surface area contributed by atoms with Crippen molar-refractivity contribution in [3.8, 4) is 5.75 Å². The van der Waals surface area contributed by atoms with Gasteiger partial charge in [0.2, 0.25) is 0 Å². The fraction of sp³-hybridized carbons (Fsp3) is 0.143. The molecule has 0 atom stereocenters. The van der Waals surface area contributed by atoms with Crippen LogP contribution in [0, 0.1) is 6.92 Å². The topological polar surface area (TPSA) is 71.2 Å². The number of nitrogens with one attached hydrogen (secondary N) is 2. The molecule has 2 aromatic rings. The summed E-state index contributed by atoms with van der Waals surface area (Å²) in [7, 11) is 1.51. The molecule has 0 spiro atoms. The molecule has 2 rings (SSSR count). The standard InChI is InChI=1S/C14H13ClN2O3/c1-8-5-12(18)10(7-16-8)14(19)17-9-3-4-13(20-2)11(15)6-9/h3-7H,1-2H3,(H,16,18)(H,17,19). The Kier molecular flexibility index (Phi) is 4.10. The number of methoxy groups -OCH3 is 1. The summed E-state index contributed by atoms with van der Waals surface area (Å²) in [6, 6.07) is 6.21. The molecule has 1 heterocycles. The van der Waals surface area contributed by atoms with E-state index in [2.05, 4.69) is 10.3 Å². The molecule has 0 aliphatic heterocycles. The molecule has 2 N–H and O–H groups in total. The zero-order valence-electron chi connectivity index (χ0n) is 11.0. The molecule has 0 fully saturated rings. The Morgan fingerprint density at radius 2 is 2.10 bits per heavy atom. The molecule has 0 radical (unpaired) electrons. The Morgan fingerprint density at radius 3 is 2.70 bits per heavy atom. The first-order valence-electron chi connectivity index (χ1n) is 5.85. The maximum Gasteiger partial charge on any atom is 0.261 e. The molecule has 5 nitrogen and oxygen atoms in total.